The lowest BCUT2D eigenvalue weighted by Crippen LogP contribution is -2.11. The Morgan fingerprint density at radius 2 is 1.77 bits per heavy atom. The van der Waals surface area contributed by atoms with Gasteiger partial charge in [0.15, 0.2) is 0 Å². The molecule has 0 aliphatic heterocycles. The number of aryl methyl sites for hydroxylation is 3. The summed E-state index contributed by atoms with van der Waals surface area (Å²) >= 11 is 3.44. The van der Waals surface area contributed by atoms with Crippen molar-refractivity contribution < 1.29 is 17.7 Å². The van der Waals surface area contributed by atoms with E-state index in [1.165, 1.54) is 0 Å². The summed E-state index contributed by atoms with van der Waals surface area (Å²) in [5.41, 5.74) is 10.9. The van der Waals surface area contributed by atoms with E-state index in [-0.39, 0.29) is 10.8 Å². The Kier molecular flexibility index (Phi) is 6.40. The molecule has 1 heterocycles. The number of aromatic nitrogens is 2. The van der Waals surface area contributed by atoms with Gasteiger partial charge < -0.3 is 15.0 Å². The van der Waals surface area contributed by atoms with Gasteiger partial charge >= 0.3 is 0 Å². The number of halogens is 1. The zero-order valence-corrected chi connectivity index (χ0v) is 20.3. The Balaban J connectivity index is 2.32. The molecule has 31 heavy (non-hydrogen) atoms. The van der Waals surface area contributed by atoms with E-state index in [9.17, 15) is 13.0 Å². The highest BCUT2D eigenvalue weighted by Gasteiger charge is 2.22. The van der Waals surface area contributed by atoms with Crippen LogP contribution in [0, 0.1) is 27.7 Å². The first-order chi connectivity index (χ1) is 14.4. The molecule has 164 valence electrons. The minimum absolute atomic E-state index is 0.0740. The summed E-state index contributed by atoms with van der Waals surface area (Å²) in [6.45, 7) is 6.92. The van der Waals surface area contributed by atoms with Crippen molar-refractivity contribution in [3.05, 3.63) is 62.2 Å². The second-order valence-electron chi connectivity index (χ2n) is 7.42. The Morgan fingerprint density at radius 1 is 1.10 bits per heavy atom. The predicted molar refractivity (Wildman–Crippen MR) is 122 cm³/mol. The molecule has 0 fully saturated rings. The Labute approximate surface area is 190 Å². The Hall–Kier alpha value is -2.49. The van der Waals surface area contributed by atoms with E-state index in [1.807, 2.05) is 32.0 Å². The lowest BCUT2D eigenvalue weighted by Gasteiger charge is -2.21. The smallest absolute Gasteiger partial charge is 0.220 e. The summed E-state index contributed by atoms with van der Waals surface area (Å²) in [5.74, 6) is 0.765. The lowest BCUT2D eigenvalue weighted by molar-refractivity contribution is 0.410. The van der Waals surface area contributed by atoms with E-state index >= 15 is 0 Å². The highest BCUT2D eigenvalue weighted by Crippen LogP contribution is 2.37. The molecule has 0 amide bonds. The molecule has 7 nitrogen and oxygen atoms in total. The van der Waals surface area contributed by atoms with Crippen molar-refractivity contribution in [2.45, 2.75) is 39.0 Å². The van der Waals surface area contributed by atoms with Crippen LogP contribution in [0.1, 0.15) is 33.5 Å². The fourth-order valence-electron chi connectivity index (χ4n) is 4.01. The van der Waals surface area contributed by atoms with Gasteiger partial charge in [-0.25, -0.2) is 18.4 Å². The molecule has 9 heteroatoms. The molecular formula is C22H23BrN3O4S-. The maximum Gasteiger partial charge on any atom is 0.220 e. The largest absolute Gasteiger partial charge is 0.744 e. The SMILES string of the molecule is COc1cc(Br)ccc1Cc1c(C)nc(N)nc1-c1c(C)cc(C)c(S(=O)(=O)[O-])c1C. The second-order valence-corrected chi connectivity index (χ2v) is 9.65. The number of benzene rings is 2. The first-order valence-electron chi connectivity index (χ1n) is 9.46. The molecule has 2 N–H and O–H groups in total. The third-order valence-electron chi connectivity index (χ3n) is 5.24. The minimum atomic E-state index is -4.67. The minimum Gasteiger partial charge on any atom is -0.744 e. The third-order valence-corrected chi connectivity index (χ3v) is 6.86. The second kappa shape index (κ2) is 8.57. The summed E-state index contributed by atoms with van der Waals surface area (Å²) in [4.78, 5) is 8.55. The van der Waals surface area contributed by atoms with Crippen LogP contribution in [-0.4, -0.2) is 30.0 Å². The predicted octanol–water partition coefficient (Wildman–Crippen LogP) is 4.23. The van der Waals surface area contributed by atoms with E-state index in [1.54, 1.807) is 27.0 Å². The number of anilines is 1. The fourth-order valence-corrected chi connectivity index (χ4v) is 5.28. The molecular weight excluding hydrogens is 482 g/mol. The van der Waals surface area contributed by atoms with Crippen molar-refractivity contribution in [2.24, 2.45) is 0 Å². The van der Waals surface area contributed by atoms with E-state index in [0.29, 0.717) is 40.2 Å². The van der Waals surface area contributed by atoms with Gasteiger partial charge in [-0.3, -0.25) is 0 Å². The summed E-state index contributed by atoms with van der Waals surface area (Å²) in [5, 5.41) is 0. The molecule has 0 unspecified atom stereocenters. The highest BCUT2D eigenvalue weighted by molar-refractivity contribution is 9.10. The molecule has 3 rings (SSSR count). The van der Waals surface area contributed by atoms with Crippen LogP contribution in [-0.2, 0) is 16.5 Å². The summed E-state index contributed by atoms with van der Waals surface area (Å²) in [6.07, 6.45) is 0.435. The molecule has 0 atom stereocenters. The van der Waals surface area contributed by atoms with Crippen LogP contribution in [0.25, 0.3) is 11.3 Å². The highest BCUT2D eigenvalue weighted by atomic mass is 79.9. The standard InChI is InChI=1S/C22H24BrN3O4S/c1-11-8-12(2)21(31(27,28)29)13(3)19(11)20-17(14(4)25-22(24)26-20)9-15-6-7-16(23)10-18(15)30-5/h6-8,10H,9H2,1-5H3,(H2,24,25,26)(H,27,28,29)/p-1. The van der Waals surface area contributed by atoms with Crippen LogP contribution in [0.5, 0.6) is 5.75 Å². The molecule has 3 aromatic rings. The maximum absolute atomic E-state index is 12.0. The van der Waals surface area contributed by atoms with Gasteiger partial charge in [0.2, 0.25) is 5.95 Å². The van der Waals surface area contributed by atoms with Gasteiger partial charge in [0.1, 0.15) is 15.9 Å². The van der Waals surface area contributed by atoms with Crippen LogP contribution < -0.4 is 10.5 Å². The van der Waals surface area contributed by atoms with E-state index in [2.05, 4.69) is 25.9 Å². The number of nitrogens with zero attached hydrogens (tertiary/aromatic N) is 2. The monoisotopic (exact) mass is 504 g/mol. The topological polar surface area (TPSA) is 118 Å². The van der Waals surface area contributed by atoms with Crippen LogP contribution in [0.15, 0.2) is 33.6 Å². The number of hydrogen-bond acceptors (Lipinski definition) is 7. The molecule has 0 spiro atoms. The average Bonchev–Trinajstić information content (AvgIpc) is 2.63. The van der Waals surface area contributed by atoms with Crippen LogP contribution in [0.3, 0.4) is 0 Å². The van der Waals surface area contributed by atoms with Crippen LogP contribution in [0.4, 0.5) is 5.95 Å². The van der Waals surface area contributed by atoms with Crippen molar-refractivity contribution in [1.82, 2.24) is 9.97 Å². The van der Waals surface area contributed by atoms with Gasteiger partial charge in [-0.2, -0.15) is 0 Å². The Bertz CT molecular complexity index is 1290. The van der Waals surface area contributed by atoms with Gasteiger partial charge in [0.05, 0.1) is 17.7 Å². The van der Waals surface area contributed by atoms with Crippen molar-refractivity contribution >= 4 is 32.0 Å². The molecule has 0 saturated heterocycles. The number of nitrogen functional groups attached to an aromatic ring is 1. The number of nitrogens with two attached hydrogens (primary N) is 1. The maximum atomic E-state index is 12.0. The first-order valence-corrected chi connectivity index (χ1v) is 11.7. The summed E-state index contributed by atoms with van der Waals surface area (Å²) in [7, 11) is -3.07. The van der Waals surface area contributed by atoms with Crippen molar-refractivity contribution in [3.63, 3.8) is 0 Å². The van der Waals surface area contributed by atoms with Crippen molar-refractivity contribution in [1.29, 1.82) is 0 Å². The summed E-state index contributed by atoms with van der Waals surface area (Å²) in [6, 6.07) is 7.40. The molecule has 0 radical (unpaired) electrons. The van der Waals surface area contributed by atoms with Gasteiger partial charge in [-0.15, -0.1) is 0 Å². The van der Waals surface area contributed by atoms with E-state index in [0.717, 1.165) is 21.2 Å². The number of ether oxygens (including phenoxy) is 1. The average molecular weight is 505 g/mol. The molecule has 2 aromatic carbocycles. The number of methoxy groups -OCH3 is 1. The van der Waals surface area contributed by atoms with Gasteiger partial charge in [-0.05, 0) is 62.1 Å². The lowest BCUT2D eigenvalue weighted by atomic mass is 9.91. The molecule has 0 bridgehead atoms. The molecule has 1 aromatic heterocycles. The zero-order valence-electron chi connectivity index (χ0n) is 17.9. The van der Waals surface area contributed by atoms with Gasteiger partial charge in [0, 0.05) is 27.7 Å². The first kappa shape index (κ1) is 23.2. The van der Waals surface area contributed by atoms with Gasteiger partial charge in [0.25, 0.3) is 0 Å². The zero-order chi connectivity index (χ0) is 23.1. The van der Waals surface area contributed by atoms with Crippen LogP contribution in [0.2, 0.25) is 0 Å². The summed E-state index contributed by atoms with van der Waals surface area (Å²) < 4.78 is 42.3. The number of hydrogen-bond donors (Lipinski definition) is 1. The molecule has 0 aliphatic rings. The van der Waals surface area contributed by atoms with E-state index < -0.39 is 10.1 Å². The van der Waals surface area contributed by atoms with E-state index in [4.69, 9.17) is 10.5 Å². The third kappa shape index (κ3) is 4.58. The van der Waals surface area contributed by atoms with Crippen molar-refractivity contribution in [3.8, 4) is 17.0 Å². The van der Waals surface area contributed by atoms with Crippen molar-refractivity contribution in [2.75, 3.05) is 12.8 Å². The quantitative estimate of drug-likeness (QED) is 0.516. The molecule has 0 aliphatic carbocycles. The Morgan fingerprint density at radius 3 is 2.39 bits per heavy atom. The van der Waals surface area contributed by atoms with Gasteiger partial charge in [-0.1, -0.05) is 28.1 Å². The normalized spacial score (nSPS) is 11.6. The number of rotatable bonds is 5. The molecule has 0 saturated carbocycles. The van der Waals surface area contributed by atoms with Crippen LogP contribution >= 0.6 is 15.9 Å². The fraction of sp³-hybridized carbons (Fsp3) is 0.273.